The summed E-state index contributed by atoms with van der Waals surface area (Å²) in [6.45, 7) is 1.61. The van der Waals surface area contributed by atoms with Gasteiger partial charge in [-0.15, -0.1) is 11.3 Å². The van der Waals surface area contributed by atoms with E-state index < -0.39 is 0 Å². The van der Waals surface area contributed by atoms with Gasteiger partial charge in [0.2, 0.25) is 0 Å². The van der Waals surface area contributed by atoms with Crippen molar-refractivity contribution in [2.24, 2.45) is 0 Å². The van der Waals surface area contributed by atoms with Crippen LogP contribution in [0.3, 0.4) is 0 Å². The lowest BCUT2D eigenvalue weighted by Gasteiger charge is -2.14. The third kappa shape index (κ3) is 3.01. The van der Waals surface area contributed by atoms with Crippen LogP contribution in [0.1, 0.15) is 11.4 Å². The lowest BCUT2D eigenvalue weighted by atomic mass is 10.3. The summed E-state index contributed by atoms with van der Waals surface area (Å²) in [7, 11) is 2.05. The molecular formula is C11H14N4S. The summed E-state index contributed by atoms with van der Waals surface area (Å²) in [5.41, 5.74) is 7.66. The van der Waals surface area contributed by atoms with Crippen LogP contribution in [0, 0.1) is 0 Å². The number of nitrogen functional groups attached to an aromatic ring is 1. The van der Waals surface area contributed by atoms with E-state index in [2.05, 4.69) is 14.9 Å². The smallest absolute Gasteiger partial charge is 0.180 e. The van der Waals surface area contributed by atoms with E-state index >= 15 is 0 Å². The number of anilines is 1. The first-order valence-electron chi connectivity index (χ1n) is 5.02. The topological polar surface area (TPSA) is 55.0 Å². The van der Waals surface area contributed by atoms with Crippen molar-refractivity contribution in [1.82, 2.24) is 14.9 Å². The Balaban J connectivity index is 1.92. The number of hydrogen-bond donors (Lipinski definition) is 1. The normalized spacial score (nSPS) is 10.9. The molecule has 0 saturated carbocycles. The van der Waals surface area contributed by atoms with Crippen LogP contribution >= 0.6 is 11.3 Å². The molecule has 0 aliphatic rings. The molecule has 0 saturated heterocycles. The molecule has 5 heteroatoms. The summed E-state index contributed by atoms with van der Waals surface area (Å²) < 4.78 is 0. The predicted octanol–water partition coefficient (Wildman–Crippen LogP) is 1.75. The number of nitrogens with two attached hydrogens (primary N) is 1. The quantitative estimate of drug-likeness (QED) is 0.875. The lowest BCUT2D eigenvalue weighted by Crippen LogP contribution is -2.18. The lowest BCUT2D eigenvalue weighted by molar-refractivity contribution is 0.312. The molecule has 2 rings (SSSR count). The van der Waals surface area contributed by atoms with Gasteiger partial charge in [0.25, 0.3) is 0 Å². The van der Waals surface area contributed by atoms with Gasteiger partial charge in [-0.25, -0.2) is 4.98 Å². The van der Waals surface area contributed by atoms with Crippen LogP contribution in [0.5, 0.6) is 0 Å². The van der Waals surface area contributed by atoms with Crippen LogP contribution in [0.4, 0.5) is 5.13 Å². The van der Waals surface area contributed by atoms with E-state index in [1.165, 1.54) is 11.3 Å². The molecule has 2 N–H and O–H groups in total. The summed E-state index contributed by atoms with van der Waals surface area (Å²) in [5, 5.41) is 2.62. The monoisotopic (exact) mass is 234 g/mol. The molecule has 16 heavy (non-hydrogen) atoms. The van der Waals surface area contributed by atoms with Gasteiger partial charge in [0, 0.05) is 24.7 Å². The van der Waals surface area contributed by atoms with Crippen molar-refractivity contribution in [1.29, 1.82) is 0 Å². The Kier molecular flexibility index (Phi) is 3.48. The van der Waals surface area contributed by atoms with Gasteiger partial charge in [0.05, 0.1) is 11.4 Å². The maximum Gasteiger partial charge on any atom is 0.180 e. The van der Waals surface area contributed by atoms with Crippen molar-refractivity contribution >= 4 is 16.5 Å². The molecule has 0 atom stereocenters. The third-order valence-electron chi connectivity index (χ3n) is 2.16. The maximum absolute atomic E-state index is 5.58. The van der Waals surface area contributed by atoms with Gasteiger partial charge in [-0.2, -0.15) is 0 Å². The van der Waals surface area contributed by atoms with E-state index in [0.717, 1.165) is 24.5 Å². The summed E-state index contributed by atoms with van der Waals surface area (Å²) in [6.07, 6.45) is 1.81. The third-order valence-corrected chi connectivity index (χ3v) is 2.88. The van der Waals surface area contributed by atoms with Gasteiger partial charge in [0.15, 0.2) is 5.13 Å². The highest BCUT2D eigenvalue weighted by Gasteiger charge is 2.04. The Labute approximate surface area is 98.8 Å². The van der Waals surface area contributed by atoms with Gasteiger partial charge >= 0.3 is 0 Å². The molecule has 0 unspecified atom stereocenters. The molecule has 0 radical (unpaired) electrons. The fourth-order valence-electron chi connectivity index (χ4n) is 1.50. The molecule has 0 spiro atoms. The molecule has 84 valence electrons. The molecule has 2 aromatic rings. The summed E-state index contributed by atoms with van der Waals surface area (Å²) in [6, 6.07) is 5.94. The van der Waals surface area contributed by atoms with Crippen molar-refractivity contribution in [2.75, 3.05) is 12.8 Å². The Morgan fingerprint density at radius 1 is 1.31 bits per heavy atom. The van der Waals surface area contributed by atoms with Crippen molar-refractivity contribution in [2.45, 2.75) is 13.1 Å². The maximum atomic E-state index is 5.58. The van der Waals surface area contributed by atoms with Crippen molar-refractivity contribution < 1.29 is 0 Å². The number of rotatable bonds is 4. The van der Waals surface area contributed by atoms with Crippen molar-refractivity contribution in [3.05, 3.63) is 41.2 Å². The predicted molar refractivity (Wildman–Crippen MR) is 65.9 cm³/mol. The fourth-order valence-corrected chi connectivity index (χ4v) is 2.05. The minimum atomic E-state index is 0.626. The summed E-state index contributed by atoms with van der Waals surface area (Å²) >= 11 is 1.48. The van der Waals surface area contributed by atoms with Gasteiger partial charge < -0.3 is 5.73 Å². The molecule has 0 bridgehead atoms. The molecule has 0 aromatic carbocycles. The highest BCUT2D eigenvalue weighted by molar-refractivity contribution is 7.13. The molecule has 2 heterocycles. The van der Waals surface area contributed by atoms with Crippen LogP contribution < -0.4 is 5.73 Å². The first-order valence-corrected chi connectivity index (χ1v) is 5.90. The van der Waals surface area contributed by atoms with E-state index in [1.807, 2.05) is 36.8 Å². The Bertz CT molecular complexity index is 440. The number of hydrogen-bond acceptors (Lipinski definition) is 5. The second-order valence-electron chi connectivity index (χ2n) is 3.67. The largest absolute Gasteiger partial charge is 0.375 e. The number of pyridine rings is 1. The van der Waals surface area contributed by atoms with Crippen molar-refractivity contribution in [3.8, 4) is 0 Å². The average molecular weight is 234 g/mol. The molecule has 4 nitrogen and oxygen atoms in total. The average Bonchev–Trinajstić information content (AvgIpc) is 2.65. The molecule has 0 aliphatic heterocycles. The Hall–Kier alpha value is -1.46. The van der Waals surface area contributed by atoms with Crippen LogP contribution in [-0.2, 0) is 13.1 Å². The zero-order valence-corrected chi connectivity index (χ0v) is 9.94. The van der Waals surface area contributed by atoms with E-state index in [0.29, 0.717) is 5.13 Å². The van der Waals surface area contributed by atoms with Crippen LogP contribution in [-0.4, -0.2) is 21.9 Å². The van der Waals surface area contributed by atoms with Crippen LogP contribution in [0.25, 0.3) is 0 Å². The van der Waals surface area contributed by atoms with E-state index in [1.54, 1.807) is 0 Å². The van der Waals surface area contributed by atoms with E-state index in [9.17, 15) is 0 Å². The second-order valence-corrected chi connectivity index (χ2v) is 4.56. The van der Waals surface area contributed by atoms with Crippen LogP contribution in [0.15, 0.2) is 29.8 Å². The van der Waals surface area contributed by atoms with Gasteiger partial charge in [-0.1, -0.05) is 6.07 Å². The molecule has 2 aromatic heterocycles. The highest BCUT2D eigenvalue weighted by atomic mass is 32.1. The molecule has 0 aliphatic carbocycles. The highest BCUT2D eigenvalue weighted by Crippen LogP contribution is 2.13. The number of aromatic nitrogens is 2. The van der Waals surface area contributed by atoms with Gasteiger partial charge in [0.1, 0.15) is 0 Å². The minimum Gasteiger partial charge on any atom is -0.375 e. The Morgan fingerprint density at radius 2 is 2.12 bits per heavy atom. The van der Waals surface area contributed by atoms with Gasteiger partial charge in [-0.3, -0.25) is 9.88 Å². The SMILES string of the molecule is CN(Cc1ccccn1)Cc1csc(N)n1. The summed E-state index contributed by atoms with van der Waals surface area (Å²) in [4.78, 5) is 10.7. The van der Waals surface area contributed by atoms with Gasteiger partial charge in [-0.05, 0) is 19.2 Å². The zero-order chi connectivity index (χ0) is 11.4. The van der Waals surface area contributed by atoms with Crippen molar-refractivity contribution in [3.63, 3.8) is 0 Å². The fraction of sp³-hybridized carbons (Fsp3) is 0.273. The first kappa shape index (κ1) is 11.0. The first-order chi connectivity index (χ1) is 7.74. The Morgan fingerprint density at radius 3 is 2.75 bits per heavy atom. The molecule has 0 fully saturated rings. The van der Waals surface area contributed by atoms with E-state index in [4.69, 9.17) is 5.73 Å². The van der Waals surface area contributed by atoms with E-state index in [-0.39, 0.29) is 0 Å². The minimum absolute atomic E-state index is 0.626. The zero-order valence-electron chi connectivity index (χ0n) is 9.13. The molecule has 0 amide bonds. The number of nitrogens with zero attached hydrogens (tertiary/aromatic N) is 3. The standard InChI is InChI=1S/C11H14N4S/c1-15(6-9-4-2-3-5-13-9)7-10-8-16-11(12)14-10/h2-5,8H,6-7H2,1H3,(H2,12,14). The second kappa shape index (κ2) is 5.05. The molecular weight excluding hydrogens is 220 g/mol. The number of thiazole rings is 1. The van der Waals surface area contributed by atoms with Crippen LogP contribution in [0.2, 0.25) is 0 Å². The summed E-state index contributed by atoms with van der Waals surface area (Å²) in [5.74, 6) is 0.